The monoisotopic (exact) mass is 401 g/mol. The van der Waals surface area contributed by atoms with Gasteiger partial charge in [0, 0.05) is 18.3 Å². The summed E-state index contributed by atoms with van der Waals surface area (Å²) in [7, 11) is 0. The van der Waals surface area contributed by atoms with Gasteiger partial charge in [-0.25, -0.2) is 5.43 Å². The van der Waals surface area contributed by atoms with Crippen LogP contribution in [0.5, 0.6) is 5.75 Å². The van der Waals surface area contributed by atoms with Crippen LogP contribution in [0.1, 0.15) is 5.56 Å². The topological polar surface area (TPSA) is 93.8 Å². The number of allylic oxidation sites excluding steroid dienone is 1. The average Bonchev–Trinajstić information content (AvgIpc) is 2.78. The maximum atomic E-state index is 11.8. The third-order valence-electron chi connectivity index (χ3n) is 4.05. The lowest BCUT2D eigenvalue weighted by Crippen LogP contribution is -2.24. The molecule has 0 aliphatic carbocycles. The molecule has 7 heteroatoms. The minimum Gasteiger partial charge on any atom is -0.484 e. The lowest BCUT2D eigenvalue weighted by Gasteiger charge is -2.06. The van der Waals surface area contributed by atoms with Gasteiger partial charge in [-0.15, -0.1) is 0 Å². The number of hydrogen-bond donors (Lipinski definition) is 1. The van der Waals surface area contributed by atoms with Crippen molar-refractivity contribution in [1.29, 1.82) is 0 Å². The van der Waals surface area contributed by atoms with Gasteiger partial charge in [-0.05, 0) is 34.9 Å². The highest BCUT2D eigenvalue weighted by atomic mass is 16.6. The highest BCUT2D eigenvalue weighted by Crippen LogP contribution is 2.22. The first-order valence-corrected chi connectivity index (χ1v) is 9.13. The Balaban J connectivity index is 1.43. The Bertz CT molecular complexity index is 1060. The van der Waals surface area contributed by atoms with E-state index >= 15 is 0 Å². The Morgan fingerprint density at radius 2 is 1.73 bits per heavy atom. The van der Waals surface area contributed by atoms with Gasteiger partial charge in [0.15, 0.2) is 6.61 Å². The van der Waals surface area contributed by atoms with E-state index in [9.17, 15) is 14.9 Å². The zero-order valence-electron chi connectivity index (χ0n) is 16.0. The Kier molecular flexibility index (Phi) is 7.05. The Morgan fingerprint density at radius 1 is 1.00 bits per heavy atom. The van der Waals surface area contributed by atoms with E-state index in [0.29, 0.717) is 11.3 Å². The fraction of sp³-hybridized carbons (Fsp3) is 0.0435. The largest absolute Gasteiger partial charge is 0.484 e. The Hall–Kier alpha value is -4.26. The SMILES string of the molecule is O=C(COc1ccc(-c2ccccc2)cc1)N/N=C/C=C/c1cccc([N+](=O)[O-])c1. The molecule has 0 radical (unpaired) electrons. The minimum atomic E-state index is -0.457. The molecule has 3 rings (SSSR count). The standard InChI is InChI=1S/C23H19N3O4/c27-23(25-24-15-5-7-18-6-4-10-21(16-18)26(28)29)17-30-22-13-11-20(12-14-22)19-8-2-1-3-9-19/h1-16H,17H2,(H,25,27)/b7-5+,24-15+. The van der Waals surface area contributed by atoms with Crippen LogP contribution in [-0.2, 0) is 4.79 Å². The minimum absolute atomic E-state index is 0.0105. The zero-order chi connectivity index (χ0) is 21.2. The second-order valence-electron chi connectivity index (χ2n) is 6.20. The van der Waals surface area contributed by atoms with Crippen molar-refractivity contribution in [2.45, 2.75) is 0 Å². The van der Waals surface area contributed by atoms with Gasteiger partial charge >= 0.3 is 0 Å². The number of benzene rings is 3. The van der Waals surface area contributed by atoms with Crippen LogP contribution in [0, 0.1) is 10.1 Å². The van der Waals surface area contributed by atoms with Crippen molar-refractivity contribution in [1.82, 2.24) is 5.43 Å². The van der Waals surface area contributed by atoms with E-state index in [0.717, 1.165) is 11.1 Å². The second-order valence-corrected chi connectivity index (χ2v) is 6.20. The molecule has 30 heavy (non-hydrogen) atoms. The molecule has 0 unspecified atom stereocenters. The first-order chi connectivity index (χ1) is 14.6. The summed E-state index contributed by atoms with van der Waals surface area (Å²) in [5, 5.41) is 14.5. The first kappa shape index (κ1) is 20.5. The second kappa shape index (κ2) is 10.3. The van der Waals surface area contributed by atoms with Crippen LogP contribution in [0.25, 0.3) is 17.2 Å². The van der Waals surface area contributed by atoms with E-state index in [4.69, 9.17) is 4.74 Å². The van der Waals surface area contributed by atoms with Crippen molar-refractivity contribution in [3.8, 4) is 16.9 Å². The van der Waals surface area contributed by atoms with Crippen LogP contribution in [0.4, 0.5) is 5.69 Å². The predicted octanol–water partition coefficient (Wildman–Crippen LogP) is 4.46. The van der Waals surface area contributed by atoms with Crippen molar-refractivity contribution >= 4 is 23.9 Å². The molecular formula is C23H19N3O4. The van der Waals surface area contributed by atoms with Crippen LogP contribution in [0.3, 0.4) is 0 Å². The van der Waals surface area contributed by atoms with Gasteiger partial charge in [0.1, 0.15) is 5.75 Å². The van der Waals surface area contributed by atoms with Gasteiger partial charge in [-0.3, -0.25) is 14.9 Å². The molecule has 0 heterocycles. The number of rotatable bonds is 8. The van der Waals surface area contributed by atoms with Crippen LogP contribution >= 0.6 is 0 Å². The molecule has 0 saturated heterocycles. The number of nitro groups is 1. The summed E-state index contributed by atoms with van der Waals surface area (Å²) in [6, 6.07) is 23.6. The van der Waals surface area contributed by atoms with Crippen molar-refractivity contribution < 1.29 is 14.5 Å². The number of carbonyl (C=O) groups is 1. The molecule has 3 aromatic rings. The van der Waals surface area contributed by atoms with Crippen molar-refractivity contribution in [2.24, 2.45) is 5.10 Å². The number of hydrogen-bond acceptors (Lipinski definition) is 5. The van der Waals surface area contributed by atoms with Crippen LogP contribution in [0.2, 0.25) is 0 Å². The molecule has 0 aliphatic heterocycles. The van der Waals surface area contributed by atoms with E-state index in [2.05, 4.69) is 10.5 Å². The molecule has 1 amide bonds. The number of carbonyl (C=O) groups excluding carboxylic acids is 1. The molecular weight excluding hydrogens is 382 g/mol. The molecule has 0 saturated carbocycles. The van der Waals surface area contributed by atoms with Gasteiger partial charge in [0.25, 0.3) is 11.6 Å². The smallest absolute Gasteiger partial charge is 0.277 e. The number of hydrazone groups is 1. The number of amides is 1. The van der Waals surface area contributed by atoms with E-state index in [1.54, 1.807) is 36.4 Å². The predicted molar refractivity (Wildman–Crippen MR) is 116 cm³/mol. The van der Waals surface area contributed by atoms with Gasteiger partial charge in [-0.2, -0.15) is 5.10 Å². The maximum Gasteiger partial charge on any atom is 0.277 e. The van der Waals surface area contributed by atoms with Gasteiger partial charge < -0.3 is 4.74 Å². The molecule has 0 bridgehead atoms. The fourth-order valence-corrected chi connectivity index (χ4v) is 2.60. The molecule has 0 fully saturated rings. The molecule has 150 valence electrons. The third kappa shape index (κ3) is 6.13. The summed E-state index contributed by atoms with van der Waals surface area (Å²) in [6.07, 6.45) is 4.60. The summed E-state index contributed by atoms with van der Waals surface area (Å²) < 4.78 is 5.45. The first-order valence-electron chi connectivity index (χ1n) is 9.13. The van der Waals surface area contributed by atoms with E-state index in [-0.39, 0.29) is 12.3 Å². The van der Waals surface area contributed by atoms with Crippen molar-refractivity contribution in [2.75, 3.05) is 6.61 Å². The molecule has 0 aliphatic rings. The van der Waals surface area contributed by atoms with Crippen molar-refractivity contribution in [3.63, 3.8) is 0 Å². The summed E-state index contributed by atoms with van der Waals surface area (Å²) in [4.78, 5) is 22.1. The number of ether oxygens (including phenoxy) is 1. The molecule has 0 spiro atoms. The average molecular weight is 401 g/mol. The van der Waals surface area contributed by atoms with Gasteiger partial charge in [0.2, 0.25) is 0 Å². The van der Waals surface area contributed by atoms with E-state index < -0.39 is 10.8 Å². The van der Waals surface area contributed by atoms with E-state index in [1.165, 1.54) is 18.3 Å². The Labute approximate surface area is 173 Å². The number of nitro benzene ring substituents is 1. The normalized spacial score (nSPS) is 10.9. The van der Waals surface area contributed by atoms with Crippen molar-refractivity contribution in [3.05, 3.63) is 101 Å². The number of nitrogens with one attached hydrogen (secondary N) is 1. The zero-order valence-corrected chi connectivity index (χ0v) is 16.0. The quantitative estimate of drug-likeness (QED) is 0.343. The molecule has 7 nitrogen and oxygen atoms in total. The Morgan fingerprint density at radius 3 is 2.47 bits per heavy atom. The van der Waals surface area contributed by atoms with Crippen LogP contribution < -0.4 is 10.2 Å². The van der Waals surface area contributed by atoms with Crippen LogP contribution in [-0.4, -0.2) is 23.7 Å². The van der Waals surface area contributed by atoms with Crippen LogP contribution in [0.15, 0.2) is 90.0 Å². The molecule has 1 N–H and O–H groups in total. The molecule has 0 aromatic heterocycles. The number of non-ortho nitro benzene ring substituents is 1. The van der Waals surface area contributed by atoms with E-state index in [1.807, 2.05) is 42.5 Å². The highest BCUT2D eigenvalue weighted by molar-refractivity contribution is 5.82. The highest BCUT2D eigenvalue weighted by Gasteiger charge is 2.04. The third-order valence-corrected chi connectivity index (χ3v) is 4.05. The lowest BCUT2D eigenvalue weighted by atomic mass is 10.1. The summed E-state index contributed by atoms with van der Waals surface area (Å²) in [6.45, 7) is -0.170. The summed E-state index contributed by atoms with van der Waals surface area (Å²) in [5.74, 6) is 0.182. The van der Waals surface area contributed by atoms with Gasteiger partial charge in [0.05, 0.1) is 4.92 Å². The summed E-state index contributed by atoms with van der Waals surface area (Å²) in [5.41, 5.74) is 5.19. The fourth-order valence-electron chi connectivity index (χ4n) is 2.60. The molecule has 3 aromatic carbocycles. The van der Waals surface area contributed by atoms with Gasteiger partial charge in [-0.1, -0.05) is 60.7 Å². The molecule has 0 atom stereocenters. The number of nitrogens with zero attached hydrogens (tertiary/aromatic N) is 2. The lowest BCUT2D eigenvalue weighted by molar-refractivity contribution is -0.384. The maximum absolute atomic E-state index is 11.8. The summed E-state index contributed by atoms with van der Waals surface area (Å²) >= 11 is 0.